The summed E-state index contributed by atoms with van der Waals surface area (Å²) in [6.45, 7) is 3.12. The fourth-order valence-corrected chi connectivity index (χ4v) is 3.18. The Labute approximate surface area is 120 Å². The van der Waals surface area contributed by atoms with Gasteiger partial charge >= 0.3 is 0 Å². The number of nitrogen functional groups attached to an aromatic ring is 1. The third kappa shape index (κ3) is 3.88. The van der Waals surface area contributed by atoms with Crippen molar-refractivity contribution in [3.63, 3.8) is 0 Å². The third-order valence-corrected chi connectivity index (χ3v) is 4.84. The molecule has 19 heavy (non-hydrogen) atoms. The lowest BCUT2D eigenvalue weighted by atomic mass is 10.1. The zero-order valence-electron chi connectivity index (χ0n) is 10.5. The molecule has 0 spiro atoms. The molecular weight excluding hydrogens is 339 g/mol. The Morgan fingerprint density at radius 3 is 2.53 bits per heavy atom. The molecule has 0 radical (unpaired) electrons. The monoisotopic (exact) mass is 354 g/mol. The molecule has 4 N–H and O–H groups in total. The maximum Gasteiger partial charge on any atom is 0.243 e. The topological polar surface area (TPSA) is 92.4 Å². The Bertz CT molecular complexity index is 563. The first-order valence-corrected chi connectivity index (χ1v) is 7.84. The number of halogens is 2. The molecule has 8 heteroatoms. The van der Waals surface area contributed by atoms with E-state index in [-0.39, 0.29) is 22.7 Å². The minimum Gasteiger partial charge on any atom is -0.398 e. The van der Waals surface area contributed by atoms with Crippen molar-refractivity contribution in [2.45, 2.75) is 24.8 Å². The summed E-state index contributed by atoms with van der Waals surface area (Å²) in [4.78, 5) is -0.535. The SMILES string of the molecule is CC(C)C(CO)NS(=O)(=O)c1cc(N)c(Br)cc1F. The van der Waals surface area contributed by atoms with Gasteiger partial charge in [0.25, 0.3) is 0 Å². The Hall–Kier alpha value is -0.700. The van der Waals surface area contributed by atoms with Crippen LogP contribution in [-0.4, -0.2) is 26.2 Å². The largest absolute Gasteiger partial charge is 0.398 e. The number of sulfonamides is 1. The number of aliphatic hydroxyl groups is 1. The van der Waals surface area contributed by atoms with Crippen molar-refractivity contribution in [1.29, 1.82) is 0 Å². The predicted molar refractivity (Wildman–Crippen MR) is 74.5 cm³/mol. The minimum atomic E-state index is -4.07. The molecular formula is C11H16BrFN2O3S. The van der Waals surface area contributed by atoms with E-state index in [2.05, 4.69) is 20.7 Å². The van der Waals surface area contributed by atoms with Crippen LogP contribution in [0.15, 0.2) is 21.5 Å². The van der Waals surface area contributed by atoms with Gasteiger partial charge < -0.3 is 10.8 Å². The second-order valence-electron chi connectivity index (χ2n) is 4.46. The highest BCUT2D eigenvalue weighted by atomic mass is 79.9. The van der Waals surface area contributed by atoms with Crippen LogP contribution in [0.5, 0.6) is 0 Å². The smallest absolute Gasteiger partial charge is 0.243 e. The molecule has 5 nitrogen and oxygen atoms in total. The van der Waals surface area contributed by atoms with Crippen molar-refractivity contribution in [2.75, 3.05) is 12.3 Å². The van der Waals surface area contributed by atoms with Crippen LogP contribution in [0.3, 0.4) is 0 Å². The maximum atomic E-state index is 13.7. The number of nitrogens with two attached hydrogens (primary N) is 1. The van der Waals surface area contributed by atoms with Gasteiger partial charge in [-0.05, 0) is 34.0 Å². The van der Waals surface area contributed by atoms with E-state index in [1.165, 1.54) is 0 Å². The van der Waals surface area contributed by atoms with E-state index in [0.717, 1.165) is 12.1 Å². The van der Waals surface area contributed by atoms with E-state index in [4.69, 9.17) is 10.8 Å². The molecule has 1 rings (SSSR count). The van der Waals surface area contributed by atoms with Crippen molar-refractivity contribution in [3.05, 3.63) is 22.4 Å². The summed E-state index contributed by atoms with van der Waals surface area (Å²) in [6.07, 6.45) is 0. The molecule has 0 aliphatic heterocycles. The van der Waals surface area contributed by atoms with Gasteiger partial charge in [-0.3, -0.25) is 0 Å². The summed E-state index contributed by atoms with van der Waals surface area (Å²) in [5.41, 5.74) is 5.67. The molecule has 0 aliphatic carbocycles. The van der Waals surface area contributed by atoms with Crippen molar-refractivity contribution < 1.29 is 17.9 Å². The van der Waals surface area contributed by atoms with Gasteiger partial charge in [0.2, 0.25) is 10.0 Å². The molecule has 0 heterocycles. The number of benzene rings is 1. The number of anilines is 1. The molecule has 1 aromatic carbocycles. The molecule has 0 saturated heterocycles. The standard InChI is InChI=1S/C11H16BrFN2O3S/c1-6(2)10(5-16)15-19(17,18)11-4-9(14)7(12)3-8(11)13/h3-4,6,10,15-16H,5,14H2,1-2H3. The Kier molecular flexibility index (Phi) is 5.31. The number of aliphatic hydroxyl groups excluding tert-OH is 1. The predicted octanol–water partition coefficient (Wildman–Crippen LogP) is 1.47. The molecule has 0 aromatic heterocycles. The fraction of sp³-hybridized carbons (Fsp3) is 0.455. The molecule has 0 fully saturated rings. The molecule has 0 saturated carbocycles. The fourth-order valence-electron chi connectivity index (χ4n) is 1.40. The van der Waals surface area contributed by atoms with Gasteiger partial charge in [-0.15, -0.1) is 0 Å². The number of rotatable bonds is 5. The van der Waals surface area contributed by atoms with Crippen molar-refractivity contribution in [3.8, 4) is 0 Å². The van der Waals surface area contributed by atoms with E-state index < -0.39 is 26.8 Å². The molecule has 0 bridgehead atoms. The Morgan fingerprint density at radius 2 is 2.05 bits per heavy atom. The van der Waals surface area contributed by atoms with Crippen LogP contribution in [0.4, 0.5) is 10.1 Å². The summed E-state index contributed by atoms with van der Waals surface area (Å²) in [6, 6.07) is 1.35. The van der Waals surface area contributed by atoms with E-state index in [0.29, 0.717) is 0 Å². The van der Waals surface area contributed by atoms with Crippen molar-refractivity contribution in [1.82, 2.24) is 4.72 Å². The average Bonchev–Trinajstić information content (AvgIpc) is 2.30. The van der Waals surface area contributed by atoms with Crippen molar-refractivity contribution >= 4 is 31.6 Å². The Balaban J connectivity index is 3.17. The van der Waals surface area contributed by atoms with Crippen LogP contribution >= 0.6 is 15.9 Å². The Morgan fingerprint density at radius 1 is 1.47 bits per heavy atom. The van der Waals surface area contributed by atoms with Gasteiger partial charge in [0.1, 0.15) is 10.7 Å². The summed E-state index contributed by atoms with van der Waals surface area (Å²) >= 11 is 3.01. The first-order valence-electron chi connectivity index (χ1n) is 5.56. The van der Waals surface area contributed by atoms with E-state index in [1.807, 2.05) is 0 Å². The summed E-state index contributed by atoms with van der Waals surface area (Å²) in [7, 11) is -4.07. The zero-order valence-corrected chi connectivity index (χ0v) is 12.9. The molecule has 1 aromatic rings. The van der Waals surface area contributed by atoms with E-state index in [1.54, 1.807) is 13.8 Å². The summed E-state index contributed by atoms with van der Waals surface area (Å²) in [5, 5.41) is 9.12. The average molecular weight is 355 g/mol. The first kappa shape index (κ1) is 16.4. The molecule has 108 valence electrons. The van der Waals surface area contributed by atoms with Crippen molar-refractivity contribution in [2.24, 2.45) is 5.92 Å². The highest BCUT2D eigenvalue weighted by Crippen LogP contribution is 2.26. The lowest BCUT2D eigenvalue weighted by Crippen LogP contribution is -2.41. The van der Waals surface area contributed by atoms with Crippen LogP contribution in [-0.2, 0) is 10.0 Å². The molecule has 1 unspecified atom stereocenters. The quantitative estimate of drug-likeness (QED) is 0.698. The van der Waals surface area contributed by atoms with Crippen LogP contribution < -0.4 is 10.5 Å². The first-order chi connectivity index (χ1) is 8.69. The summed E-state index contributed by atoms with van der Waals surface area (Å²) < 4.78 is 40.4. The van der Waals surface area contributed by atoms with Crippen LogP contribution in [0.1, 0.15) is 13.8 Å². The lowest BCUT2D eigenvalue weighted by molar-refractivity contribution is 0.227. The van der Waals surface area contributed by atoms with Crippen LogP contribution in [0.25, 0.3) is 0 Å². The molecule has 0 aliphatic rings. The highest BCUT2D eigenvalue weighted by molar-refractivity contribution is 9.10. The number of nitrogens with one attached hydrogen (secondary N) is 1. The van der Waals surface area contributed by atoms with Gasteiger partial charge in [0.15, 0.2) is 0 Å². The van der Waals surface area contributed by atoms with Gasteiger partial charge in [0, 0.05) is 16.2 Å². The van der Waals surface area contributed by atoms with Gasteiger partial charge in [-0.1, -0.05) is 13.8 Å². The minimum absolute atomic E-state index is 0.117. The lowest BCUT2D eigenvalue weighted by Gasteiger charge is -2.20. The molecule has 1 atom stereocenters. The molecule has 0 amide bonds. The second kappa shape index (κ2) is 6.17. The van der Waals surface area contributed by atoms with Crippen LogP contribution in [0.2, 0.25) is 0 Å². The van der Waals surface area contributed by atoms with Gasteiger partial charge in [-0.25, -0.2) is 17.5 Å². The number of hydrogen-bond acceptors (Lipinski definition) is 4. The third-order valence-electron chi connectivity index (χ3n) is 2.65. The maximum absolute atomic E-state index is 13.7. The zero-order chi connectivity index (χ0) is 14.8. The van der Waals surface area contributed by atoms with Gasteiger partial charge in [0.05, 0.1) is 6.61 Å². The normalized spacial score (nSPS) is 13.8. The van der Waals surface area contributed by atoms with Gasteiger partial charge in [-0.2, -0.15) is 0 Å². The highest BCUT2D eigenvalue weighted by Gasteiger charge is 2.25. The van der Waals surface area contributed by atoms with E-state index in [9.17, 15) is 12.8 Å². The van der Waals surface area contributed by atoms with Crippen LogP contribution in [0, 0.1) is 11.7 Å². The summed E-state index contributed by atoms with van der Waals surface area (Å²) in [5.74, 6) is -1.04. The number of hydrogen-bond donors (Lipinski definition) is 3. The second-order valence-corrected chi connectivity index (χ2v) is 7.00. The van der Waals surface area contributed by atoms with E-state index >= 15 is 0 Å².